The maximum Gasteiger partial charge on any atom is 0.252 e. The van der Waals surface area contributed by atoms with Gasteiger partial charge in [0.15, 0.2) is 5.96 Å². The molecular weight excluding hydrogens is 485 g/mol. The second-order valence-corrected chi connectivity index (χ2v) is 5.84. The molecule has 29 heavy (non-hydrogen) atoms. The number of carbonyl (C=O) groups is 1. The second kappa shape index (κ2) is 14.6. The van der Waals surface area contributed by atoms with E-state index in [9.17, 15) is 4.79 Å². The predicted octanol–water partition coefficient (Wildman–Crippen LogP) is 2.53. The van der Waals surface area contributed by atoms with Gasteiger partial charge >= 0.3 is 0 Å². The molecule has 0 atom stereocenters. The van der Waals surface area contributed by atoms with Gasteiger partial charge in [0.1, 0.15) is 5.75 Å². The summed E-state index contributed by atoms with van der Waals surface area (Å²) >= 11 is 0. The number of hydrogen-bond donors (Lipinski definition) is 3. The highest BCUT2D eigenvalue weighted by atomic mass is 127. The van der Waals surface area contributed by atoms with Crippen molar-refractivity contribution in [3.05, 3.63) is 54.4 Å². The fourth-order valence-electron chi connectivity index (χ4n) is 2.33. The Morgan fingerprint density at radius 3 is 2.69 bits per heavy atom. The monoisotopic (exact) mass is 513 g/mol. The van der Waals surface area contributed by atoms with E-state index in [4.69, 9.17) is 9.47 Å². The van der Waals surface area contributed by atoms with Crippen LogP contribution in [0.1, 0.15) is 16.8 Å². The maximum atomic E-state index is 12.0. The van der Waals surface area contributed by atoms with E-state index in [2.05, 4.69) is 25.9 Å². The minimum absolute atomic E-state index is 0. The summed E-state index contributed by atoms with van der Waals surface area (Å²) in [6.07, 6.45) is 4.00. The molecule has 0 aliphatic heterocycles. The van der Waals surface area contributed by atoms with Crippen molar-refractivity contribution >= 4 is 41.5 Å². The summed E-state index contributed by atoms with van der Waals surface area (Å²) in [5.41, 5.74) is 1.39. The lowest BCUT2D eigenvalue weighted by atomic mass is 10.3. The molecule has 3 N–H and O–H groups in total. The first kappa shape index (κ1) is 24.6. The fourth-order valence-corrected chi connectivity index (χ4v) is 2.33. The standard InChI is InChI=1S/C20H27N5O3.HI/c1-21-20(24-11-10-23-19(26)16-6-4-9-22-15-16)25-17-7-3-8-18(14-17)28-13-5-12-27-2;/h3-4,6-9,14-15H,5,10-13H2,1-2H3,(H,23,26)(H2,21,24,25);1H. The van der Waals surface area contributed by atoms with Gasteiger partial charge in [0, 0.05) is 64.4 Å². The van der Waals surface area contributed by atoms with Gasteiger partial charge in [-0.1, -0.05) is 6.07 Å². The van der Waals surface area contributed by atoms with Crippen molar-refractivity contribution in [1.29, 1.82) is 0 Å². The second-order valence-electron chi connectivity index (χ2n) is 5.84. The van der Waals surface area contributed by atoms with Crippen LogP contribution in [0.2, 0.25) is 0 Å². The highest BCUT2D eigenvalue weighted by Crippen LogP contribution is 2.17. The molecule has 0 saturated heterocycles. The van der Waals surface area contributed by atoms with E-state index in [1.54, 1.807) is 32.5 Å². The number of amides is 1. The number of carbonyl (C=O) groups excluding carboxylic acids is 1. The van der Waals surface area contributed by atoms with Crippen LogP contribution in [0.4, 0.5) is 5.69 Å². The number of aromatic nitrogens is 1. The van der Waals surface area contributed by atoms with Gasteiger partial charge in [-0.2, -0.15) is 0 Å². The Kier molecular flexibility index (Phi) is 12.4. The van der Waals surface area contributed by atoms with Crippen molar-refractivity contribution in [3.8, 4) is 5.75 Å². The Hall–Kier alpha value is -2.40. The molecule has 8 nitrogen and oxygen atoms in total. The molecule has 0 radical (unpaired) electrons. The van der Waals surface area contributed by atoms with Crippen molar-refractivity contribution in [2.24, 2.45) is 4.99 Å². The van der Waals surface area contributed by atoms with Gasteiger partial charge in [0.25, 0.3) is 5.91 Å². The first-order chi connectivity index (χ1) is 13.7. The number of guanidine groups is 1. The molecule has 2 aromatic rings. The minimum atomic E-state index is -0.156. The molecule has 1 heterocycles. The zero-order chi connectivity index (χ0) is 20.0. The van der Waals surface area contributed by atoms with Crippen LogP contribution in [0.5, 0.6) is 5.75 Å². The van der Waals surface area contributed by atoms with E-state index >= 15 is 0 Å². The van der Waals surface area contributed by atoms with Crippen LogP contribution >= 0.6 is 24.0 Å². The highest BCUT2D eigenvalue weighted by Gasteiger charge is 2.05. The molecular formula is C20H28IN5O3. The summed E-state index contributed by atoms with van der Waals surface area (Å²) in [6, 6.07) is 11.1. The molecule has 0 bridgehead atoms. The van der Waals surface area contributed by atoms with E-state index in [0.717, 1.165) is 17.9 Å². The molecule has 0 unspecified atom stereocenters. The number of anilines is 1. The van der Waals surface area contributed by atoms with Gasteiger partial charge < -0.3 is 25.4 Å². The van der Waals surface area contributed by atoms with Crippen LogP contribution in [0, 0.1) is 0 Å². The summed E-state index contributed by atoms with van der Waals surface area (Å²) in [7, 11) is 3.36. The molecule has 0 aliphatic rings. The van der Waals surface area contributed by atoms with Gasteiger partial charge in [0.05, 0.1) is 12.2 Å². The Bertz CT molecular complexity index is 759. The molecule has 1 aromatic carbocycles. The normalized spacial score (nSPS) is 10.6. The van der Waals surface area contributed by atoms with Gasteiger partial charge in [-0.3, -0.25) is 14.8 Å². The van der Waals surface area contributed by atoms with E-state index < -0.39 is 0 Å². The van der Waals surface area contributed by atoms with E-state index in [1.807, 2.05) is 24.3 Å². The smallest absolute Gasteiger partial charge is 0.252 e. The lowest BCUT2D eigenvalue weighted by Crippen LogP contribution is -2.37. The third-order valence-electron chi connectivity index (χ3n) is 3.71. The van der Waals surface area contributed by atoms with Crippen LogP contribution in [0.25, 0.3) is 0 Å². The molecule has 1 aromatic heterocycles. The first-order valence-corrected chi connectivity index (χ1v) is 9.10. The third-order valence-corrected chi connectivity index (χ3v) is 3.71. The zero-order valence-corrected chi connectivity index (χ0v) is 19.0. The molecule has 0 saturated carbocycles. The number of methoxy groups -OCH3 is 1. The van der Waals surface area contributed by atoms with E-state index in [0.29, 0.717) is 37.8 Å². The molecule has 1 amide bonds. The van der Waals surface area contributed by atoms with Gasteiger partial charge in [-0.15, -0.1) is 24.0 Å². The number of pyridine rings is 1. The summed E-state index contributed by atoms with van der Waals surface area (Å²) in [4.78, 5) is 20.1. The summed E-state index contributed by atoms with van der Waals surface area (Å²) in [5.74, 6) is 1.23. The Labute approximate surface area is 188 Å². The highest BCUT2D eigenvalue weighted by molar-refractivity contribution is 14.0. The lowest BCUT2D eigenvalue weighted by molar-refractivity contribution is 0.0954. The number of nitrogens with one attached hydrogen (secondary N) is 3. The molecule has 158 valence electrons. The molecule has 0 fully saturated rings. The van der Waals surface area contributed by atoms with Crippen LogP contribution in [0.15, 0.2) is 53.8 Å². The zero-order valence-electron chi connectivity index (χ0n) is 16.7. The number of hydrogen-bond acceptors (Lipinski definition) is 5. The van der Waals surface area contributed by atoms with Gasteiger partial charge in [0.2, 0.25) is 0 Å². The maximum absolute atomic E-state index is 12.0. The SMILES string of the molecule is CN=C(NCCNC(=O)c1cccnc1)Nc1cccc(OCCCOC)c1.I. The number of halogens is 1. The Morgan fingerprint density at radius 1 is 1.14 bits per heavy atom. The third kappa shape index (κ3) is 9.57. The fraction of sp³-hybridized carbons (Fsp3) is 0.350. The predicted molar refractivity (Wildman–Crippen MR) is 125 cm³/mol. The van der Waals surface area contributed by atoms with Crippen molar-refractivity contribution < 1.29 is 14.3 Å². The van der Waals surface area contributed by atoms with Crippen molar-refractivity contribution in [2.75, 3.05) is 45.8 Å². The minimum Gasteiger partial charge on any atom is -0.493 e. The molecule has 2 rings (SSSR count). The largest absolute Gasteiger partial charge is 0.493 e. The van der Waals surface area contributed by atoms with Crippen LogP contribution in [-0.2, 0) is 4.74 Å². The molecule has 9 heteroatoms. The van der Waals surface area contributed by atoms with Crippen molar-refractivity contribution in [1.82, 2.24) is 15.6 Å². The lowest BCUT2D eigenvalue weighted by Gasteiger charge is -2.13. The average molecular weight is 513 g/mol. The summed E-state index contributed by atoms with van der Waals surface area (Å²) in [6.45, 7) is 2.25. The summed E-state index contributed by atoms with van der Waals surface area (Å²) < 4.78 is 10.7. The quantitative estimate of drug-likeness (QED) is 0.196. The number of ether oxygens (including phenoxy) is 2. The Morgan fingerprint density at radius 2 is 1.97 bits per heavy atom. The topological polar surface area (TPSA) is 96.9 Å². The summed E-state index contributed by atoms with van der Waals surface area (Å²) in [5, 5.41) is 9.19. The van der Waals surface area contributed by atoms with Crippen molar-refractivity contribution in [2.45, 2.75) is 6.42 Å². The number of rotatable bonds is 10. The van der Waals surface area contributed by atoms with Crippen LogP contribution in [-0.4, -0.2) is 57.3 Å². The number of aliphatic imine (C=N–C) groups is 1. The van der Waals surface area contributed by atoms with Gasteiger partial charge in [-0.25, -0.2) is 0 Å². The first-order valence-electron chi connectivity index (χ1n) is 9.10. The molecule has 0 spiro atoms. The number of nitrogens with zero attached hydrogens (tertiary/aromatic N) is 2. The van der Waals surface area contributed by atoms with E-state index in [-0.39, 0.29) is 29.9 Å². The van der Waals surface area contributed by atoms with Crippen LogP contribution in [0.3, 0.4) is 0 Å². The molecule has 0 aliphatic carbocycles. The number of benzene rings is 1. The Balaban J connectivity index is 0.00000420. The van der Waals surface area contributed by atoms with Crippen molar-refractivity contribution in [3.63, 3.8) is 0 Å². The van der Waals surface area contributed by atoms with Gasteiger partial charge in [-0.05, 0) is 24.3 Å². The average Bonchev–Trinajstić information content (AvgIpc) is 2.74. The van der Waals surface area contributed by atoms with E-state index in [1.165, 1.54) is 6.20 Å². The van der Waals surface area contributed by atoms with Crippen LogP contribution < -0.4 is 20.7 Å².